The number of carbonyl (C=O) groups excluding carboxylic acids is 1. The van der Waals surface area contributed by atoms with Crippen LogP contribution < -0.4 is 5.32 Å². The number of aromatic hydroxyl groups is 1. The normalized spacial score (nSPS) is 10.3. The third-order valence-electron chi connectivity index (χ3n) is 2.82. The maximum atomic E-state index is 13.5. The van der Waals surface area contributed by atoms with Gasteiger partial charge in [0.05, 0.1) is 0 Å². The summed E-state index contributed by atoms with van der Waals surface area (Å²) in [6.07, 6.45) is 0. The number of carbonyl (C=O) groups is 1. The fourth-order valence-corrected chi connectivity index (χ4v) is 2.00. The summed E-state index contributed by atoms with van der Waals surface area (Å²) in [5.74, 6) is -1.40. The van der Waals surface area contributed by atoms with E-state index in [0.29, 0.717) is 5.88 Å². The minimum Gasteiger partial charge on any atom is -0.507 e. The molecular formula is C15H13ClFNO2. The van der Waals surface area contributed by atoms with Crippen LogP contribution in [-0.4, -0.2) is 11.0 Å². The lowest BCUT2D eigenvalue weighted by Gasteiger charge is -2.08. The monoisotopic (exact) mass is 293 g/mol. The summed E-state index contributed by atoms with van der Waals surface area (Å²) in [5, 5.41) is 12.1. The molecule has 0 aromatic heterocycles. The molecule has 20 heavy (non-hydrogen) atoms. The average Bonchev–Trinajstić information content (AvgIpc) is 2.45. The quantitative estimate of drug-likeness (QED) is 0.851. The smallest absolute Gasteiger partial charge is 0.258 e. The number of hydrogen-bond donors (Lipinski definition) is 2. The number of alkyl halides is 1. The van der Waals surface area contributed by atoms with Gasteiger partial charge in [0, 0.05) is 12.4 Å². The fourth-order valence-electron chi connectivity index (χ4n) is 1.83. The van der Waals surface area contributed by atoms with Crippen LogP contribution in [0.5, 0.6) is 5.75 Å². The minimum absolute atomic E-state index is 0.233. The van der Waals surface area contributed by atoms with Gasteiger partial charge in [0.1, 0.15) is 17.1 Å². The van der Waals surface area contributed by atoms with Crippen molar-refractivity contribution in [1.29, 1.82) is 0 Å². The van der Waals surface area contributed by atoms with E-state index in [1.807, 2.05) is 24.3 Å². The molecule has 0 spiro atoms. The molecule has 0 fully saturated rings. The standard InChI is InChI=1S/C15H13ClFNO2/c16-8-10-3-1-4-11(7-10)9-18-15(20)14-12(17)5-2-6-13(14)19/h1-7,19H,8-9H2,(H,18,20). The lowest BCUT2D eigenvalue weighted by atomic mass is 10.1. The Morgan fingerprint density at radius 3 is 2.60 bits per heavy atom. The summed E-state index contributed by atoms with van der Waals surface area (Å²) >= 11 is 5.73. The highest BCUT2D eigenvalue weighted by Crippen LogP contribution is 2.19. The molecule has 0 aliphatic carbocycles. The third kappa shape index (κ3) is 3.27. The van der Waals surface area contributed by atoms with E-state index < -0.39 is 11.7 Å². The fraction of sp³-hybridized carbons (Fsp3) is 0.133. The van der Waals surface area contributed by atoms with E-state index in [-0.39, 0.29) is 17.9 Å². The van der Waals surface area contributed by atoms with Gasteiger partial charge in [-0.3, -0.25) is 4.79 Å². The lowest BCUT2D eigenvalue weighted by Crippen LogP contribution is -2.24. The topological polar surface area (TPSA) is 49.3 Å². The second-order valence-electron chi connectivity index (χ2n) is 4.27. The van der Waals surface area contributed by atoms with Gasteiger partial charge in [0.15, 0.2) is 0 Å². The molecule has 5 heteroatoms. The molecule has 2 N–H and O–H groups in total. The molecule has 0 radical (unpaired) electrons. The van der Waals surface area contributed by atoms with Crippen molar-refractivity contribution >= 4 is 17.5 Å². The first-order valence-electron chi connectivity index (χ1n) is 6.01. The summed E-state index contributed by atoms with van der Waals surface area (Å²) in [6.45, 7) is 0.233. The van der Waals surface area contributed by atoms with Crippen molar-refractivity contribution in [1.82, 2.24) is 5.32 Å². The number of phenolic OH excluding ortho intramolecular Hbond substituents is 1. The van der Waals surface area contributed by atoms with Crippen molar-refractivity contribution in [3.8, 4) is 5.75 Å². The molecule has 3 nitrogen and oxygen atoms in total. The molecule has 0 aliphatic heterocycles. The van der Waals surface area contributed by atoms with Gasteiger partial charge in [0.2, 0.25) is 0 Å². The molecule has 0 bridgehead atoms. The number of hydrogen-bond acceptors (Lipinski definition) is 2. The molecule has 0 heterocycles. The maximum Gasteiger partial charge on any atom is 0.258 e. The van der Waals surface area contributed by atoms with E-state index in [0.717, 1.165) is 17.2 Å². The third-order valence-corrected chi connectivity index (χ3v) is 3.13. The lowest BCUT2D eigenvalue weighted by molar-refractivity contribution is 0.0944. The summed E-state index contributed by atoms with van der Waals surface area (Å²) in [4.78, 5) is 11.9. The zero-order valence-electron chi connectivity index (χ0n) is 10.6. The molecule has 0 saturated heterocycles. The van der Waals surface area contributed by atoms with E-state index in [1.165, 1.54) is 12.1 Å². The van der Waals surface area contributed by atoms with Crippen LogP contribution in [0.25, 0.3) is 0 Å². The molecule has 1 amide bonds. The Morgan fingerprint density at radius 1 is 1.20 bits per heavy atom. The van der Waals surface area contributed by atoms with E-state index in [4.69, 9.17) is 11.6 Å². The summed E-state index contributed by atoms with van der Waals surface area (Å²) in [7, 11) is 0. The predicted octanol–water partition coefficient (Wildman–Crippen LogP) is 3.20. The van der Waals surface area contributed by atoms with Crippen LogP contribution in [0.3, 0.4) is 0 Å². The molecule has 2 rings (SSSR count). The van der Waals surface area contributed by atoms with Gasteiger partial charge in [-0.25, -0.2) is 4.39 Å². The van der Waals surface area contributed by atoms with Crippen molar-refractivity contribution in [2.75, 3.05) is 0 Å². The van der Waals surface area contributed by atoms with E-state index >= 15 is 0 Å². The molecule has 2 aromatic rings. The van der Waals surface area contributed by atoms with Crippen LogP contribution in [0.1, 0.15) is 21.5 Å². The maximum absolute atomic E-state index is 13.5. The Kier molecular flexibility index (Phi) is 4.58. The first-order valence-corrected chi connectivity index (χ1v) is 6.54. The van der Waals surface area contributed by atoms with Crippen molar-refractivity contribution in [3.05, 3.63) is 65.0 Å². The SMILES string of the molecule is O=C(NCc1cccc(CCl)c1)c1c(O)cccc1F. The Morgan fingerprint density at radius 2 is 1.90 bits per heavy atom. The van der Waals surface area contributed by atoms with Crippen LogP contribution in [0.4, 0.5) is 4.39 Å². The van der Waals surface area contributed by atoms with E-state index in [1.54, 1.807) is 0 Å². The molecule has 0 saturated carbocycles. The van der Waals surface area contributed by atoms with Gasteiger partial charge in [0.25, 0.3) is 5.91 Å². The largest absolute Gasteiger partial charge is 0.507 e. The molecule has 104 valence electrons. The number of phenols is 1. The van der Waals surface area contributed by atoms with Gasteiger partial charge in [-0.15, -0.1) is 11.6 Å². The Labute approximate surface area is 121 Å². The van der Waals surface area contributed by atoms with Gasteiger partial charge in [-0.05, 0) is 23.3 Å². The zero-order valence-corrected chi connectivity index (χ0v) is 11.3. The van der Waals surface area contributed by atoms with Crippen LogP contribution in [-0.2, 0) is 12.4 Å². The average molecular weight is 294 g/mol. The Bertz CT molecular complexity index is 611. The second kappa shape index (κ2) is 6.39. The predicted molar refractivity (Wildman–Crippen MR) is 75.2 cm³/mol. The highest BCUT2D eigenvalue weighted by Gasteiger charge is 2.15. The van der Waals surface area contributed by atoms with Crippen LogP contribution in [0.15, 0.2) is 42.5 Å². The van der Waals surface area contributed by atoms with Crippen molar-refractivity contribution in [2.45, 2.75) is 12.4 Å². The molecule has 0 atom stereocenters. The number of amides is 1. The number of halogens is 2. The molecular weight excluding hydrogens is 281 g/mol. The van der Waals surface area contributed by atoms with Crippen LogP contribution in [0, 0.1) is 5.82 Å². The first kappa shape index (κ1) is 14.3. The van der Waals surface area contributed by atoms with Gasteiger partial charge < -0.3 is 10.4 Å². The van der Waals surface area contributed by atoms with Crippen molar-refractivity contribution in [2.24, 2.45) is 0 Å². The molecule has 0 aliphatic rings. The van der Waals surface area contributed by atoms with E-state index in [9.17, 15) is 14.3 Å². The number of rotatable bonds is 4. The van der Waals surface area contributed by atoms with E-state index in [2.05, 4.69) is 5.32 Å². The van der Waals surface area contributed by atoms with Crippen LogP contribution in [0.2, 0.25) is 0 Å². The minimum atomic E-state index is -0.753. The number of nitrogens with one attached hydrogen (secondary N) is 1. The second-order valence-corrected chi connectivity index (χ2v) is 4.54. The molecule has 0 unspecified atom stereocenters. The number of benzene rings is 2. The van der Waals surface area contributed by atoms with Gasteiger partial charge >= 0.3 is 0 Å². The van der Waals surface area contributed by atoms with Crippen molar-refractivity contribution < 1.29 is 14.3 Å². The highest BCUT2D eigenvalue weighted by atomic mass is 35.5. The first-order chi connectivity index (χ1) is 9.61. The van der Waals surface area contributed by atoms with Gasteiger partial charge in [-0.2, -0.15) is 0 Å². The van der Waals surface area contributed by atoms with Crippen molar-refractivity contribution in [3.63, 3.8) is 0 Å². The summed E-state index contributed by atoms with van der Waals surface area (Å²) < 4.78 is 13.5. The Balaban J connectivity index is 2.09. The highest BCUT2D eigenvalue weighted by molar-refractivity contribution is 6.17. The zero-order chi connectivity index (χ0) is 14.5. The molecule has 2 aromatic carbocycles. The Hall–Kier alpha value is -2.07. The van der Waals surface area contributed by atoms with Gasteiger partial charge in [-0.1, -0.05) is 30.3 Å². The summed E-state index contributed by atoms with van der Waals surface area (Å²) in [6, 6.07) is 11.1. The van der Waals surface area contributed by atoms with Crippen LogP contribution >= 0.6 is 11.6 Å². The summed E-state index contributed by atoms with van der Waals surface area (Å²) in [5.41, 5.74) is 1.44.